The van der Waals surface area contributed by atoms with Gasteiger partial charge in [-0.1, -0.05) is 23.2 Å². The number of nitrogens with zero attached hydrogens (tertiary/aromatic N) is 4. The fraction of sp³-hybridized carbons (Fsp3) is 0.217. The third-order valence-electron chi connectivity index (χ3n) is 4.97. The van der Waals surface area contributed by atoms with Crippen molar-refractivity contribution in [3.63, 3.8) is 0 Å². The van der Waals surface area contributed by atoms with Crippen molar-refractivity contribution in [2.24, 2.45) is 0 Å². The quantitative estimate of drug-likeness (QED) is 0.270. The van der Waals surface area contributed by atoms with Crippen molar-refractivity contribution in [1.29, 1.82) is 0 Å². The molecule has 0 saturated carbocycles. The largest absolute Gasteiger partial charge is 0.462 e. The molecule has 0 atom stereocenters. The number of carbonyl (C=O) groups excluding carboxylic acids is 1. The second-order valence-electron chi connectivity index (χ2n) is 7.23. The second-order valence-corrected chi connectivity index (χ2v) is 8.07. The van der Waals surface area contributed by atoms with Crippen LogP contribution in [0.15, 0.2) is 48.8 Å². The van der Waals surface area contributed by atoms with Crippen molar-refractivity contribution in [3.05, 3.63) is 70.1 Å². The van der Waals surface area contributed by atoms with Crippen LogP contribution in [0, 0.1) is 0 Å². The first-order valence-corrected chi connectivity index (χ1v) is 11.2. The minimum absolute atomic E-state index is 0.174. The maximum absolute atomic E-state index is 11.9. The number of nitrogens with one attached hydrogen (secondary N) is 1. The van der Waals surface area contributed by atoms with Crippen LogP contribution in [0.4, 0.5) is 11.8 Å². The lowest BCUT2D eigenvalue weighted by molar-refractivity contribution is 0.0527. The van der Waals surface area contributed by atoms with Gasteiger partial charge in [-0.3, -0.25) is 4.40 Å². The van der Waals surface area contributed by atoms with Crippen LogP contribution < -0.4 is 11.1 Å². The van der Waals surface area contributed by atoms with E-state index in [1.165, 1.54) is 0 Å². The second kappa shape index (κ2) is 10.1. The number of hydrogen-bond acceptors (Lipinski definition) is 7. The van der Waals surface area contributed by atoms with E-state index in [-0.39, 0.29) is 18.0 Å². The number of hydrogen-bond donors (Lipinski definition) is 2. The van der Waals surface area contributed by atoms with Gasteiger partial charge in [0.2, 0.25) is 5.95 Å². The Bertz CT molecular complexity index is 1310. The Morgan fingerprint density at radius 2 is 2.03 bits per heavy atom. The summed E-state index contributed by atoms with van der Waals surface area (Å²) >= 11 is 12.4. The van der Waals surface area contributed by atoms with Crippen LogP contribution in [-0.4, -0.2) is 38.5 Å². The Labute approximate surface area is 200 Å². The molecule has 0 unspecified atom stereocenters. The van der Waals surface area contributed by atoms with Gasteiger partial charge in [0.1, 0.15) is 17.0 Å². The van der Waals surface area contributed by atoms with Gasteiger partial charge >= 0.3 is 5.97 Å². The molecule has 33 heavy (non-hydrogen) atoms. The smallest absolute Gasteiger partial charge is 0.341 e. The molecule has 3 N–H and O–H groups in total. The minimum atomic E-state index is -0.466. The van der Waals surface area contributed by atoms with E-state index < -0.39 is 5.97 Å². The number of rotatable bonds is 8. The third-order valence-corrected chi connectivity index (χ3v) is 5.52. The number of aromatic nitrogens is 4. The molecule has 0 aliphatic heterocycles. The van der Waals surface area contributed by atoms with Crippen molar-refractivity contribution in [2.75, 3.05) is 24.2 Å². The maximum Gasteiger partial charge on any atom is 0.341 e. The predicted octanol–water partition coefficient (Wildman–Crippen LogP) is 4.90. The molecule has 3 aromatic heterocycles. The van der Waals surface area contributed by atoms with E-state index in [4.69, 9.17) is 38.7 Å². The van der Waals surface area contributed by atoms with Gasteiger partial charge in [0, 0.05) is 41.3 Å². The van der Waals surface area contributed by atoms with Gasteiger partial charge in [0.05, 0.1) is 17.3 Å². The zero-order valence-corrected chi connectivity index (χ0v) is 19.4. The molecular formula is C23H22Cl2N6O2. The number of benzene rings is 1. The molecule has 0 radical (unpaired) electrons. The summed E-state index contributed by atoms with van der Waals surface area (Å²) in [4.78, 5) is 25.3. The van der Waals surface area contributed by atoms with Crippen molar-refractivity contribution in [1.82, 2.24) is 19.4 Å². The average Bonchev–Trinajstić information content (AvgIpc) is 3.25. The molecule has 8 nitrogen and oxygen atoms in total. The van der Waals surface area contributed by atoms with E-state index in [9.17, 15) is 4.79 Å². The number of carbonyl (C=O) groups is 1. The predicted molar refractivity (Wildman–Crippen MR) is 130 cm³/mol. The summed E-state index contributed by atoms with van der Waals surface area (Å²) in [5, 5.41) is 4.44. The number of aryl methyl sites for hydroxylation is 1. The van der Waals surface area contributed by atoms with Gasteiger partial charge in [-0.05, 0) is 50.1 Å². The van der Waals surface area contributed by atoms with E-state index in [0.29, 0.717) is 34.7 Å². The van der Waals surface area contributed by atoms with Gasteiger partial charge in [-0.15, -0.1) is 0 Å². The summed E-state index contributed by atoms with van der Waals surface area (Å²) < 4.78 is 6.85. The molecule has 0 amide bonds. The number of halogens is 2. The summed E-state index contributed by atoms with van der Waals surface area (Å²) in [6.45, 7) is 2.67. The summed E-state index contributed by atoms with van der Waals surface area (Å²) in [7, 11) is 0. The molecule has 0 spiro atoms. The van der Waals surface area contributed by atoms with Crippen LogP contribution >= 0.6 is 23.2 Å². The highest BCUT2D eigenvalue weighted by atomic mass is 35.5. The molecule has 4 rings (SSSR count). The number of imidazole rings is 1. The van der Waals surface area contributed by atoms with Crippen LogP contribution in [0.2, 0.25) is 10.0 Å². The highest BCUT2D eigenvalue weighted by Gasteiger charge is 2.13. The van der Waals surface area contributed by atoms with Gasteiger partial charge in [-0.25, -0.2) is 19.7 Å². The molecule has 4 aromatic rings. The molecule has 3 heterocycles. The van der Waals surface area contributed by atoms with E-state index in [2.05, 4.69) is 15.3 Å². The maximum atomic E-state index is 11.9. The van der Waals surface area contributed by atoms with Crippen LogP contribution in [0.25, 0.3) is 16.9 Å². The number of pyridine rings is 1. The zero-order valence-electron chi connectivity index (χ0n) is 17.9. The molecular weight excluding hydrogens is 463 g/mol. The summed E-state index contributed by atoms with van der Waals surface area (Å²) in [5.41, 5.74) is 9.22. The van der Waals surface area contributed by atoms with Crippen LogP contribution in [-0.2, 0) is 11.2 Å². The number of nitrogens with two attached hydrogens (primary N) is 1. The normalized spacial score (nSPS) is 11.0. The van der Waals surface area contributed by atoms with E-state index in [1.807, 2.05) is 22.7 Å². The SMILES string of the molecule is CCOC(=O)c1ccc(CCCNc2nc(-c3ccc(Cl)cc3Cl)cc3nccn23)nc1N. The zero-order chi connectivity index (χ0) is 23.4. The van der Waals surface area contributed by atoms with Crippen LogP contribution in [0.5, 0.6) is 0 Å². The highest BCUT2D eigenvalue weighted by molar-refractivity contribution is 6.36. The summed E-state index contributed by atoms with van der Waals surface area (Å²) in [5.74, 6) is 0.358. The number of fused-ring (bicyclic) bond motifs is 1. The minimum Gasteiger partial charge on any atom is -0.462 e. The van der Waals surface area contributed by atoms with E-state index in [1.54, 1.807) is 37.4 Å². The van der Waals surface area contributed by atoms with Gasteiger partial charge < -0.3 is 15.8 Å². The molecule has 0 bridgehead atoms. The first kappa shape index (κ1) is 22.8. The molecule has 1 aromatic carbocycles. The topological polar surface area (TPSA) is 107 Å². The Morgan fingerprint density at radius 3 is 2.79 bits per heavy atom. The Balaban J connectivity index is 1.45. The Morgan fingerprint density at radius 1 is 1.18 bits per heavy atom. The van der Waals surface area contributed by atoms with Crippen LogP contribution in [0.3, 0.4) is 0 Å². The first-order chi connectivity index (χ1) is 16.0. The fourth-order valence-corrected chi connectivity index (χ4v) is 3.90. The third kappa shape index (κ3) is 5.18. The van der Waals surface area contributed by atoms with Crippen LogP contribution in [0.1, 0.15) is 29.4 Å². The van der Waals surface area contributed by atoms with E-state index >= 15 is 0 Å². The lowest BCUT2D eigenvalue weighted by Gasteiger charge is -2.12. The number of ether oxygens (including phenoxy) is 1. The van der Waals surface area contributed by atoms with Gasteiger partial charge in [-0.2, -0.15) is 0 Å². The summed E-state index contributed by atoms with van der Waals surface area (Å²) in [6, 6.07) is 10.6. The lowest BCUT2D eigenvalue weighted by Crippen LogP contribution is -2.12. The monoisotopic (exact) mass is 484 g/mol. The number of esters is 1. The average molecular weight is 485 g/mol. The number of nitrogen functional groups attached to an aromatic ring is 1. The molecule has 10 heteroatoms. The lowest BCUT2D eigenvalue weighted by atomic mass is 10.1. The first-order valence-electron chi connectivity index (χ1n) is 10.4. The molecule has 0 aliphatic carbocycles. The Kier molecular flexibility index (Phi) is 6.96. The van der Waals surface area contributed by atoms with Gasteiger partial charge in [0.15, 0.2) is 0 Å². The van der Waals surface area contributed by atoms with Crippen molar-refractivity contribution >= 4 is 46.6 Å². The summed E-state index contributed by atoms with van der Waals surface area (Å²) in [6.07, 6.45) is 5.01. The van der Waals surface area contributed by atoms with E-state index in [0.717, 1.165) is 23.3 Å². The standard InChI is InChI=1S/C23H22Cl2N6O2/c1-2-33-22(32)17-8-6-15(29-21(17)26)4-3-9-28-23-30-19(13-20-27-10-11-31(20)23)16-7-5-14(24)12-18(16)25/h5-8,10-13H,2-4,9H2,1H3,(H2,26,29)(H,28,30). The molecule has 0 saturated heterocycles. The molecule has 0 aliphatic rings. The Hall–Kier alpha value is -3.36. The van der Waals surface area contributed by atoms with Crippen molar-refractivity contribution in [3.8, 4) is 11.3 Å². The number of anilines is 2. The molecule has 0 fully saturated rings. The van der Waals surface area contributed by atoms with Crippen molar-refractivity contribution < 1.29 is 9.53 Å². The van der Waals surface area contributed by atoms with Gasteiger partial charge in [0.25, 0.3) is 0 Å². The highest BCUT2D eigenvalue weighted by Crippen LogP contribution is 2.30. The van der Waals surface area contributed by atoms with Crippen molar-refractivity contribution in [2.45, 2.75) is 19.8 Å². The fourth-order valence-electron chi connectivity index (χ4n) is 3.39. The molecule has 170 valence electrons.